The van der Waals surface area contributed by atoms with E-state index in [0.29, 0.717) is 11.5 Å². The van der Waals surface area contributed by atoms with Crippen molar-refractivity contribution >= 4 is 5.82 Å². The molecule has 90 valence electrons. The summed E-state index contributed by atoms with van der Waals surface area (Å²) in [4.78, 5) is 0. The van der Waals surface area contributed by atoms with Crippen LogP contribution >= 0.6 is 0 Å². The standard InChI is InChI=1S/C11H11F2N3O/c1-16-10(14)5-8(15-16)11-7(13)3-6(12)4-9(11)17-2/h3-5H,14H2,1-2H3. The van der Waals surface area contributed by atoms with Crippen molar-refractivity contribution in [1.29, 1.82) is 0 Å². The fraction of sp³-hybridized carbons (Fsp3) is 0.182. The highest BCUT2D eigenvalue weighted by Gasteiger charge is 2.17. The first-order chi connectivity index (χ1) is 8.02. The van der Waals surface area contributed by atoms with Gasteiger partial charge >= 0.3 is 0 Å². The largest absolute Gasteiger partial charge is 0.496 e. The molecule has 0 radical (unpaired) electrons. The number of benzene rings is 1. The van der Waals surface area contributed by atoms with Gasteiger partial charge < -0.3 is 10.5 Å². The van der Waals surface area contributed by atoms with Crippen LogP contribution in [0, 0.1) is 11.6 Å². The third-order valence-electron chi connectivity index (χ3n) is 2.41. The normalized spacial score (nSPS) is 10.6. The van der Waals surface area contributed by atoms with Gasteiger partial charge in [0, 0.05) is 25.2 Å². The minimum absolute atomic E-state index is 0.0839. The van der Waals surface area contributed by atoms with Gasteiger partial charge in [0.05, 0.1) is 12.7 Å². The van der Waals surface area contributed by atoms with E-state index in [1.807, 2.05) is 0 Å². The lowest BCUT2D eigenvalue weighted by Crippen LogP contribution is -1.97. The Labute approximate surface area is 96.6 Å². The summed E-state index contributed by atoms with van der Waals surface area (Å²) in [6.07, 6.45) is 0. The van der Waals surface area contributed by atoms with Crippen LogP contribution in [-0.2, 0) is 7.05 Å². The van der Waals surface area contributed by atoms with Crippen LogP contribution in [0.4, 0.5) is 14.6 Å². The zero-order chi connectivity index (χ0) is 12.6. The van der Waals surface area contributed by atoms with Crippen LogP contribution < -0.4 is 10.5 Å². The van der Waals surface area contributed by atoms with Gasteiger partial charge in [-0.25, -0.2) is 8.78 Å². The van der Waals surface area contributed by atoms with Crippen molar-refractivity contribution in [2.24, 2.45) is 7.05 Å². The van der Waals surface area contributed by atoms with Crippen molar-refractivity contribution in [2.75, 3.05) is 12.8 Å². The summed E-state index contributed by atoms with van der Waals surface area (Å²) in [5, 5.41) is 4.03. The summed E-state index contributed by atoms with van der Waals surface area (Å²) in [6.45, 7) is 0. The molecule has 0 bridgehead atoms. The number of nitrogens with two attached hydrogens (primary N) is 1. The van der Waals surface area contributed by atoms with Crippen LogP contribution in [-0.4, -0.2) is 16.9 Å². The molecule has 1 aromatic carbocycles. The number of aromatic nitrogens is 2. The lowest BCUT2D eigenvalue weighted by molar-refractivity contribution is 0.408. The quantitative estimate of drug-likeness (QED) is 0.871. The molecule has 0 amide bonds. The van der Waals surface area contributed by atoms with Crippen molar-refractivity contribution in [1.82, 2.24) is 9.78 Å². The Balaban J connectivity index is 2.65. The average Bonchev–Trinajstić information content (AvgIpc) is 2.57. The number of halogens is 2. The minimum atomic E-state index is -0.736. The van der Waals surface area contributed by atoms with E-state index in [1.54, 1.807) is 7.05 Å². The first-order valence-corrected chi connectivity index (χ1v) is 4.86. The fourth-order valence-electron chi connectivity index (χ4n) is 1.56. The number of hydrogen-bond donors (Lipinski definition) is 1. The van der Waals surface area contributed by atoms with Crippen molar-refractivity contribution in [3.05, 3.63) is 29.8 Å². The SMILES string of the molecule is COc1cc(F)cc(F)c1-c1cc(N)n(C)n1. The summed E-state index contributed by atoms with van der Waals surface area (Å²) >= 11 is 0. The Morgan fingerprint density at radius 1 is 1.29 bits per heavy atom. The molecule has 6 heteroatoms. The molecule has 0 unspecified atom stereocenters. The van der Waals surface area contributed by atoms with Crippen LogP contribution in [0.5, 0.6) is 5.75 Å². The van der Waals surface area contributed by atoms with Gasteiger partial charge in [-0.2, -0.15) is 5.10 Å². The molecule has 0 aliphatic carbocycles. The monoisotopic (exact) mass is 239 g/mol. The van der Waals surface area contributed by atoms with Gasteiger partial charge in [0.1, 0.15) is 28.9 Å². The molecule has 4 nitrogen and oxygen atoms in total. The maximum Gasteiger partial charge on any atom is 0.139 e. The van der Waals surface area contributed by atoms with Gasteiger partial charge in [0.2, 0.25) is 0 Å². The Morgan fingerprint density at radius 3 is 2.53 bits per heavy atom. The molecule has 0 aliphatic heterocycles. The molecule has 17 heavy (non-hydrogen) atoms. The van der Waals surface area contributed by atoms with Crippen molar-refractivity contribution in [2.45, 2.75) is 0 Å². The van der Waals surface area contributed by atoms with Crippen LogP contribution in [0.1, 0.15) is 0 Å². The summed E-state index contributed by atoms with van der Waals surface area (Å²) in [7, 11) is 2.97. The van der Waals surface area contributed by atoms with Gasteiger partial charge in [-0.15, -0.1) is 0 Å². The summed E-state index contributed by atoms with van der Waals surface area (Å²) in [5.74, 6) is -0.974. The number of nitrogens with zero attached hydrogens (tertiary/aromatic N) is 2. The molecular weight excluding hydrogens is 228 g/mol. The zero-order valence-electron chi connectivity index (χ0n) is 9.37. The highest BCUT2D eigenvalue weighted by atomic mass is 19.1. The van der Waals surface area contributed by atoms with Gasteiger partial charge in [-0.1, -0.05) is 0 Å². The number of ether oxygens (including phenoxy) is 1. The molecule has 2 N–H and O–H groups in total. The summed E-state index contributed by atoms with van der Waals surface area (Å²) in [6, 6.07) is 3.38. The van der Waals surface area contributed by atoms with Gasteiger partial charge in [0.15, 0.2) is 0 Å². The maximum atomic E-state index is 13.7. The molecule has 2 aromatic rings. The number of rotatable bonds is 2. The van der Waals surface area contributed by atoms with Crippen LogP contribution in [0.15, 0.2) is 18.2 Å². The summed E-state index contributed by atoms with van der Waals surface area (Å²) < 4.78 is 33.1. The second-order valence-electron chi connectivity index (χ2n) is 3.54. The third kappa shape index (κ3) is 1.93. The van der Waals surface area contributed by atoms with Gasteiger partial charge in [0.25, 0.3) is 0 Å². The molecule has 0 spiro atoms. The maximum absolute atomic E-state index is 13.7. The lowest BCUT2D eigenvalue weighted by Gasteiger charge is -2.07. The van der Waals surface area contributed by atoms with Crippen molar-refractivity contribution in [3.8, 4) is 17.0 Å². The number of hydrogen-bond acceptors (Lipinski definition) is 3. The van der Waals surface area contributed by atoms with Crippen LogP contribution in [0.25, 0.3) is 11.3 Å². The molecule has 1 aromatic heterocycles. The number of anilines is 1. The molecule has 1 heterocycles. The molecule has 0 saturated carbocycles. The highest BCUT2D eigenvalue weighted by molar-refractivity contribution is 5.69. The topological polar surface area (TPSA) is 53.1 Å². The van der Waals surface area contributed by atoms with E-state index in [9.17, 15) is 8.78 Å². The molecular formula is C11H11F2N3O. The first-order valence-electron chi connectivity index (χ1n) is 4.86. The Kier molecular flexibility index (Phi) is 2.71. The number of nitrogen functional groups attached to an aromatic ring is 1. The Bertz CT molecular complexity index is 547. The average molecular weight is 239 g/mol. The van der Waals surface area contributed by atoms with E-state index < -0.39 is 11.6 Å². The van der Waals surface area contributed by atoms with E-state index in [0.717, 1.165) is 12.1 Å². The van der Waals surface area contributed by atoms with E-state index in [2.05, 4.69) is 5.10 Å². The van der Waals surface area contributed by atoms with E-state index in [1.165, 1.54) is 17.9 Å². The first kappa shape index (κ1) is 11.4. The molecule has 0 aliphatic rings. The Morgan fingerprint density at radius 2 is 2.00 bits per heavy atom. The van der Waals surface area contributed by atoms with Crippen molar-refractivity contribution < 1.29 is 13.5 Å². The Hall–Kier alpha value is -2.11. The number of methoxy groups -OCH3 is 1. The zero-order valence-corrected chi connectivity index (χ0v) is 9.37. The molecule has 2 rings (SSSR count). The van der Waals surface area contributed by atoms with E-state index in [4.69, 9.17) is 10.5 Å². The van der Waals surface area contributed by atoms with Gasteiger partial charge in [-0.05, 0) is 0 Å². The molecule has 0 fully saturated rings. The lowest BCUT2D eigenvalue weighted by atomic mass is 10.1. The molecule has 0 atom stereocenters. The molecule has 0 saturated heterocycles. The highest BCUT2D eigenvalue weighted by Crippen LogP contribution is 2.33. The summed E-state index contributed by atoms with van der Waals surface area (Å²) in [5.41, 5.74) is 6.02. The van der Waals surface area contributed by atoms with E-state index >= 15 is 0 Å². The van der Waals surface area contributed by atoms with E-state index in [-0.39, 0.29) is 11.3 Å². The van der Waals surface area contributed by atoms with Crippen molar-refractivity contribution in [3.63, 3.8) is 0 Å². The predicted molar refractivity (Wildman–Crippen MR) is 59.5 cm³/mol. The van der Waals surface area contributed by atoms with Gasteiger partial charge in [-0.3, -0.25) is 4.68 Å². The predicted octanol–water partition coefficient (Wildman–Crippen LogP) is 1.96. The second-order valence-corrected chi connectivity index (χ2v) is 3.54. The smallest absolute Gasteiger partial charge is 0.139 e. The fourth-order valence-corrected chi connectivity index (χ4v) is 1.56. The number of aryl methyl sites for hydroxylation is 1. The van der Waals surface area contributed by atoms with Crippen LogP contribution in [0.2, 0.25) is 0 Å². The van der Waals surface area contributed by atoms with Crippen LogP contribution in [0.3, 0.4) is 0 Å². The second kappa shape index (κ2) is 4.04. The third-order valence-corrected chi connectivity index (χ3v) is 2.41. The minimum Gasteiger partial charge on any atom is -0.496 e.